The van der Waals surface area contributed by atoms with Crippen LogP contribution in [0.25, 0.3) is 0 Å². The van der Waals surface area contributed by atoms with E-state index in [1.165, 1.54) is 11.1 Å². The predicted molar refractivity (Wildman–Crippen MR) is 102 cm³/mol. The Morgan fingerprint density at radius 3 is 2.36 bits per heavy atom. The van der Waals surface area contributed by atoms with Crippen LogP contribution < -0.4 is 5.32 Å². The van der Waals surface area contributed by atoms with Crippen LogP contribution in [0.4, 0.5) is 0 Å². The Labute approximate surface area is 155 Å². The Hall–Kier alpha value is -1.55. The van der Waals surface area contributed by atoms with Crippen molar-refractivity contribution in [3.8, 4) is 0 Å². The minimum absolute atomic E-state index is 0.00773. The molecule has 1 aromatic carbocycles. The number of benzene rings is 1. The van der Waals surface area contributed by atoms with E-state index in [1.54, 1.807) is 0 Å². The molecule has 2 rings (SSSR count). The fourth-order valence-corrected chi connectivity index (χ4v) is 3.00. The van der Waals surface area contributed by atoms with Gasteiger partial charge < -0.3 is 10.2 Å². The molecule has 25 heavy (non-hydrogen) atoms. The van der Waals surface area contributed by atoms with Gasteiger partial charge in [-0.25, -0.2) is 0 Å². The SMILES string of the molecule is Cc1ccc(CCC(=O)N2CCC(NC(=O)C(C)(C)CCl)CC2)cc1. The summed E-state index contributed by atoms with van der Waals surface area (Å²) in [5, 5.41) is 3.07. The lowest BCUT2D eigenvalue weighted by Gasteiger charge is -2.34. The van der Waals surface area contributed by atoms with Crippen LogP contribution in [-0.4, -0.2) is 41.7 Å². The molecule has 138 valence electrons. The Morgan fingerprint density at radius 2 is 1.80 bits per heavy atom. The monoisotopic (exact) mass is 364 g/mol. The number of hydrogen-bond acceptors (Lipinski definition) is 2. The van der Waals surface area contributed by atoms with Gasteiger partial charge in [0.15, 0.2) is 0 Å². The summed E-state index contributed by atoms with van der Waals surface area (Å²) in [7, 11) is 0. The molecule has 2 amide bonds. The zero-order valence-electron chi connectivity index (χ0n) is 15.5. The lowest BCUT2D eigenvalue weighted by Crippen LogP contribution is -2.49. The summed E-state index contributed by atoms with van der Waals surface area (Å²) in [6, 6.07) is 8.47. The number of nitrogens with zero attached hydrogens (tertiary/aromatic N) is 1. The first-order chi connectivity index (χ1) is 11.8. The molecule has 0 unspecified atom stereocenters. The highest BCUT2D eigenvalue weighted by Crippen LogP contribution is 2.19. The third-order valence-electron chi connectivity index (χ3n) is 4.88. The lowest BCUT2D eigenvalue weighted by atomic mass is 9.93. The summed E-state index contributed by atoms with van der Waals surface area (Å²) in [5.41, 5.74) is 1.88. The van der Waals surface area contributed by atoms with Crippen molar-refractivity contribution in [2.45, 2.75) is 52.5 Å². The molecule has 0 atom stereocenters. The molecule has 1 aromatic rings. The molecule has 1 fully saturated rings. The maximum atomic E-state index is 12.4. The van der Waals surface area contributed by atoms with E-state index in [4.69, 9.17) is 11.6 Å². The Balaban J connectivity index is 1.74. The van der Waals surface area contributed by atoms with E-state index in [2.05, 4.69) is 36.5 Å². The molecule has 0 aliphatic carbocycles. The number of carbonyl (C=O) groups excluding carboxylic acids is 2. The van der Waals surface area contributed by atoms with E-state index < -0.39 is 5.41 Å². The third-order valence-corrected chi connectivity index (χ3v) is 5.55. The number of amides is 2. The number of hydrogen-bond donors (Lipinski definition) is 1. The molecule has 1 aliphatic rings. The molecular weight excluding hydrogens is 336 g/mol. The van der Waals surface area contributed by atoms with Crippen molar-refractivity contribution >= 4 is 23.4 Å². The number of likely N-dealkylation sites (tertiary alicyclic amines) is 1. The third kappa shape index (κ3) is 5.74. The average Bonchev–Trinajstić information content (AvgIpc) is 2.61. The van der Waals surface area contributed by atoms with Crippen LogP contribution >= 0.6 is 11.6 Å². The van der Waals surface area contributed by atoms with E-state index in [0.717, 1.165) is 19.3 Å². The minimum atomic E-state index is -0.553. The molecule has 0 aromatic heterocycles. The highest BCUT2D eigenvalue weighted by molar-refractivity contribution is 6.19. The fraction of sp³-hybridized carbons (Fsp3) is 0.600. The van der Waals surface area contributed by atoms with Crippen molar-refractivity contribution in [3.05, 3.63) is 35.4 Å². The van der Waals surface area contributed by atoms with E-state index in [-0.39, 0.29) is 17.9 Å². The van der Waals surface area contributed by atoms with Crippen LogP contribution in [0.15, 0.2) is 24.3 Å². The van der Waals surface area contributed by atoms with E-state index in [9.17, 15) is 9.59 Å². The minimum Gasteiger partial charge on any atom is -0.353 e. The number of alkyl halides is 1. The van der Waals surface area contributed by atoms with Crippen molar-refractivity contribution in [3.63, 3.8) is 0 Å². The van der Waals surface area contributed by atoms with Gasteiger partial charge in [-0.05, 0) is 45.6 Å². The van der Waals surface area contributed by atoms with Gasteiger partial charge in [0.1, 0.15) is 0 Å². The van der Waals surface area contributed by atoms with Gasteiger partial charge in [-0.15, -0.1) is 11.6 Å². The van der Waals surface area contributed by atoms with Gasteiger partial charge in [-0.2, -0.15) is 0 Å². The number of nitrogens with one attached hydrogen (secondary N) is 1. The highest BCUT2D eigenvalue weighted by atomic mass is 35.5. The largest absolute Gasteiger partial charge is 0.353 e. The Morgan fingerprint density at radius 1 is 1.20 bits per heavy atom. The first-order valence-electron chi connectivity index (χ1n) is 9.02. The number of rotatable bonds is 6. The quantitative estimate of drug-likeness (QED) is 0.787. The summed E-state index contributed by atoms with van der Waals surface area (Å²) in [4.78, 5) is 26.5. The summed E-state index contributed by atoms with van der Waals surface area (Å²) < 4.78 is 0. The summed E-state index contributed by atoms with van der Waals surface area (Å²) >= 11 is 5.85. The average molecular weight is 365 g/mol. The zero-order chi connectivity index (χ0) is 18.4. The van der Waals surface area contributed by atoms with E-state index in [1.807, 2.05) is 18.7 Å². The van der Waals surface area contributed by atoms with Gasteiger partial charge in [0.05, 0.1) is 5.41 Å². The van der Waals surface area contributed by atoms with Crippen molar-refractivity contribution in [1.82, 2.24) is 10.2 Å². The molecule has 5 heteroatoms. The van der Waals surface area contributed by atoms with Crippen molar-refractivity contribution < 1.29 is 9.59 Å². The smallest absolute Gasteiger partial charge is 0.227 e. The second-order valence-electron chi connectivity index (χ2n) is 7.63. The first kappa shape index (κ1) is 19.8. The van der Waals surface area contributed by atoms with Gasteiger partial charge in [-0.1, -0.05) is 29.8 Å². The highest BCUT2D eigenvalue weighted by Gasteiger charge is 2.30. The molecule has 0 bridgehead atoms. The molecule has 1 saturated heterocycles. The van der Waals surface area contributed by atoms with Gasteiger partial charge in [0.2, 0.25) is 11.8 Å². The standard InChI is InChI=1S/C20H29ClN2O2/c1-15-4-6-16(7-5-15)8-9-18(24)23-12-10-17(11-13-23)22-19(25)20(2,3)14-21/h4-7,17H,8-14H2,1-3H3,(H,22,25). The predicted octanol–water partition coefficient (Wildman–Crippen LogP) is 3.30. The molecule has 1 aliphatic heterocycles. The van der Waals surface area contributed by atoms with Crippen molar-refractivity contribution in [2.24, 2.45) is 5.41 Å². The normalized spacial score (nSPS) is 15.9. The number of carbonyl (C=O) groups is 2. The van der Waals surface area contributed by atoms with Crippen molar-refractivity contribution in [2.75, 3.05) is 19.0 Å². The van der Waals surface area contributed by atoms with Crippen molar-refractivity contribution in [1.29, 1.82) is 0 Å². The van der Waals surface area contributed by atoms with Crippen LogP contribution in [0.2, 0.25) is 0 Å². The van der Waals surface area contributed by atoms with Gasteiger partial charge in [0.25, 0.3) is 0 Å². The van der Waals surface area contributed by atoms with Crippen LogP contribution in [0.5, 0.6) is 0 Å². The number of aryl methyl sites for hydroxylation is 2. The molecule has 0 spiro atoms. The lowest BCUT2D eigenvalue weighted by molar-refractivity contribution is -0.132. The molecule has 0 saturated carbocycles. The number of halogens is 1. The Kier molecular flexibility index (Phi) is 6.88. The molecular formula is C20H29ClN2O2. The summed E-state index contributed by atoms with van der Waals surface area (Å²) in [6.45, 7) is 7.17. The topological polar surface area (TPSA) is 49.4 Å². The van der Waals surface area contributed by atoms with Gasteiger partial charge in [0, 0.05) is 31.4 Å². The summed E-state index contributed by atoms with van der Waals surface area (Å²) in [6.07, 6.45) is 2.93. The first-order valence-corrected chi connectivity index (χ1v) is 9.55. The summed E-state index contributed by atoms with van der Waals surface area (Å²) in [5.74, 6) is 0.493. The Bertz CT molecular complexity index is 590. The second kappa shape index (κ2) is 8.70. The van der Waals surface area contributed by atoms with Crippen LogP contribution in [-0.2, 0) is 16.0 Å². The fourth-order valence-electron chi connectivity index (χ4n) is 2.88. The van der Waals surface area contributed by atoms with Gasteiger partial charge >= 0.3 is 0 Å². The van der Waals surface area contributed by atoms with Crippen LogP contribution in [0.1, 0.15) is 44.2 Å². The maximum Gasteiger partial charge on any atom is 0.227 e. The maximum absolute atomic E-state index is 12.4. The van der Waals surface area contributed by atoms with Crippen LogP contribution in [0.3, 0.4) is 0 Å². The van der Waals surface area contributed by atoms with E-state index >= 15 is 0 Å². The second-order valence-corrected chi connectivity index (χ2v) is 7.90. The van der Waals surface area contributed by atoms with Crippen LogP contribution in [0, 0.1) is 12.3 Å². The number of piperidine rings is 1. The van der Waals surface area contributed by atoms with Gasteiger partial charge in [-0.3, -0.25) is 9.59 Å². The molecule has 0 radical (unpaired) electrons. The van der Waals surface area contributed by atoms with E-state index in [0.29, 0.717) is 25.4 Å². The molecule has 1 heterocycles. The molecule has 1 N–H and O–H groups in total. The molecule has 4 nitrogen and oxygen atoms in total. The zero-order valence-corrected chi connectivity index (χ0v) is 16.2.